The number of carbonyl (C=O) groups excluding carboxylic acids is 1. The smallest absolute Gasteiger partial charge is 0.120 e. The van der Waals surface area contributed by atoms with E-state index in [0.717, 1.165) is 10.8 Å². The van der Waals surface area contributed by atoms with Crippen LogP contribution >= 0.6 is 15.9 Å². The van der Waals surface area contributed by atoms with Crippen molar-refractivity contribution in [1.29, 1.82) is 0 Å². The second-order valence-electron chi connectivity index (χ2n) is 5.59. The predicted octanol–water partition coefficient (Wildman–Crippen LogP) is 4.28. The molecule has 0 bridgehead atoms. The molecule has 2 aromatic rings. The van der Waals surface area contributed by atoms with Gasteiger partial charge in [0.25, 0.3) is 0 Å². The van der Waals surface area contributed by atoms with Crippen molar-refractivity contribution in [3.63, 3.8) is 0 Å². The minimum atomic E-state index is -1.73. The first-order chi connectivity index (χ1) is 9.55. The van der Waals surface area contributed by atoms with Crippen molar-refractivity contribution in [3.05, 3.63) is 64.6 Å². The average Bonchev–Trinajstić information content (AvgIpc) is 2.47. The van der Waals surface area contributed by atoms with Gasteiger partial charge >= 0.3 is 0 Å². The summed E-state index contributed by atoms with van der Waals surface area (Å²) < 4.78 is 1.07. The molecule has 0 unspecified atom stereocenters. The van der Waals surface area contributed by atoms with Crippen LogP contribution in [0.5, 0.6) is 0 Å². The number of carbonyl (C=O) groups is 1. The van der Waals surface area contributed by atoms with Gasteiger partial charge in [-0.3, -0.25) is 0 Å². The lowest BCUT2D eigenvalue weighted by atomic mass is 10.1. The van der Waals surface area contributed by atoms with Crippen LogP contribution in [0.2, 0.25) is 13.1 Å². The molecule has 0 aliphatic rings. The van der Waals surface area contributed by atoms with E-state index in [-0.39, 0.29) is 0 Å². The molecule has 20 heavy (non-hydrogen) atoms. The third-order valence-corrected chi connectivity index (χ3v) is 8.65. The Kier molecular flexibility index (Phi) is 4.94. The summed E-state index contributed by atoms with van der Waals surface area (Å²) in [5.74, 6) is 0. The van der Waals surface area contributed by atoms with Gasteiger partial charge in [0.05, 0.1) is 8.07 Å². The van der Waals surface area contributed by atoms with Crippen LogP contribution < -0.4 is 5.19 Å². The van der Waals surface area contributed by atoms with Gasteiger partial charge in [-0.25, -0.2) is 0 Å². The van der Waals surface area contributed by atoms with Crippen LogP contribution in [0.1, 0.15) is 17.5 Å². The van der Waals surface area contributed by atoms with Crippen LogP contribution in [-0.2, 0) is 4.79 Å². The van der Waals surface area contributed by atoms with E-state index >= 15 is 0 Å². The Morgan fingerprint density at radius 2 is 1.65 bits per heavy atom. The van der Waals surface area contributed by atoms with Crippen LogP contribution in [0, 0.1) is 0 Å². The summed E-state index contributed by atoms with van der Waals surface area (Å²) in [7, 11) is -1.73. The predicted molar refractivity (Wildman–Crippen MR) is 91.1 cm³/mol. The summed E-state index contributed by atoms with van der Waals surface area (Å²) in [4.78, 5) is 11.1. The number of aldehydes is 1. The second kappa shape index (κ2) is 6.51. The summed E-state index contributed by atoms with van der Waals surface area (Å²) in [6.45, 7) is 4.69. The Labute approximate surface area is 130 Å². The highest BCUT2D eigenvalue weighted by Crippen LogP contribution is 2.30. The van der Waals surface area contributed by atoms with Crippen molar-refractivity contribution >= 4 is 35.5 Å². The maximum absolute atomic E-state index is 11.1. The second-order valence-corrected chi connectivity index (χ2v) is 11.2. The fourth-order valence-electron chi connectivity index (χ4n) is 2.71. The normalized spacial score (nSPS) is 12.9. The minimum Gasteiger partial charge on any atom is -0.303 e. The third kappa shape index (κ3) is 3.28. The van der Waals surface area contributed by atoms with Gasteiger partial charge in [-0.15, -0.1) is 0 Å². The first kappa shape index (κ1) is 15.2. The molecule has 0 aromatic heterocycles. The molecule has 1 atom stereocenters. The fraction of sp³-hybridized carbons (Fsp3) is 0.235. The standard InChI is InChI=1S/C17H19BrOSi/c1-20(2,16-6-4-3-5-7-16)17(12-13-19)14-8-10-15(18)11-9-14/h3-11,13,17H,12H2,1-2H3/t17-/m0/s1. The Morgan fingerprint density at radius 3 is 2.20 bits per heavy atom. The van der Waals surface area contributed by atoms with Crippen LogP contribution in [0.4, 0.5) is 0 Å². The topological polar surface area (TPSA) is 17.1 Å². The molecular weight excluding hydrogens is 328 g/mol. The van der Waals surface area contributed by atoms with Gasteiger partial charge in [-0.1, -0.05) is 76.7 Å². The molecule has 0 aliphatic heterocycles. The molecule has 0 heterocycles. The lowest BCUT2D eigenvalue weighted by Crippen LogP contribution is -2.47. The van der Waals surface area contributed by atoms with Gasteiger partial charge in [0, 0.05) is 10.9 Å². The van der Waals surface area contributed by atoms with E-state index in [1.54, 1.807) is 0 Å². The maximum atomic E-state index is 11.1. The molecule has 0 amide bonds. The Balaban J connectivity index is 2.42. The fourth-order valence-corrected chi connectivity index (χ4v) is 6.14. The Hall–Kier alpha value is -1.19. The highest BCUT2D eigenvalue weighted by atomic mass is 79.9. The number of hydrogen-bond donors (Lipinski definition) is 0. The van der Waals surface area contributed by atoms with Crippen molar-refractivity contribution in [2.45, 2.75) is 25.1 Å². The molecule has 0 radical (unpaired) electrons. The van der Waals surface area contributed by atoms with Crippen LogP contribution in [-0.4, -0.2) is 14.4 Å². The minimum absolute atomic E-state index is 0.315. The molecule has 104 valence electrons. The summed E-state index contributed by atoms with van der Waals surface area (Å²) >= 11 is 3.47. The summed E-state index contributed by atoms with van der Waals surface area (Å²) in [5.41, 5.74) is 1.58. The summed E-state index contributed by atoms with van der Waals surface area (Å²) in [6.07, 6.45) is 1.65. The van der Waals surface area contributed by atoms with Gasteiger partial charge in [0.2, 0.25) is 0 Å². The van der Waals surface area contributed by atoms with Crippen molar-refractivity contribution in [2.75, 3.05) is 0 Å². The van der Waals surface area contributed by atoms with Crippen molar-refractivity contribution in [2.24, 2.45) is 0 Å². The molecule has 0 fully saturated rings. The molecule has 0 saturated carbocycles. The van der Waals surface area contributed by atoms with E-state index in [1.165, 1.54) is 10.8 Å². The van der Waals surface area contributed by atoms with Gasteiger partial charge in [0.1, 0.15) is 6.29 Å². The zero-order chi connectivity index (χ0) is 14.6. The largest absolute Gasteiger partial charge is 0.303 e. The molecule has 0 saturated heterocycles. The quantitative estimate of drug-likeness (QED) is 0.583. The zero-order valence-corrected chi connectivity index (χ0v) is 14.4. The maximum Gasteiger partial charge on any atom is 0.120 e. The molecular formula is C17H19BrOSi. The number of hydrogen-bond acceptors (Lipinski definition) is 1. The highest BCUT2D eigenvalue weighted by Gasteiger charge is 2.34. The van der Waals surface area contributed by atoms with E-state index in [1.807, 2.05) is 6.07 Å². The van der Waals surface area contributed by atoms with Gasteiger partial charge in [-0.05, 0) is 23.2 Å². The molecule has 0 N–H and O–H groups in total. The molecule has 2 aromatic carbocycles. The molecule has 0 spiro atoms. The summed E-state index contributed by atoms with van der Waals surface area (Å²) in [5, 5.41) is 1.40. The average molecular weight is 347 g/mol. The van der Waals surface area contributed by atoms with Crippen LogP contribution in [0.25, 0.3) is 0 Å². The zero-order valence-electron chi connectivity index (χ0n) is 11.8. The van der Waals surface area contributed by atoms with Crippen molar-refractivity contribution in [3.8, 4) is 0 Å². The SMILES string of the molecule is C[Si](C)(c1ccccc1)[C@@H](CC=O)c1ccc(Br)cc1. The first-order valence-corrected chi connectivity index (χ1v) is 10.7. The van der Waals surface area contributed by atoms with E-state index in [9.17, 15) is 4.79 Å². The third-order valence-electron chi connectivity index (χ3n) is 3.99. The molecule has 3 heteroatoms. The number of rotatable bonds is 5. The Morgan fingerprint density at radius 1 is 1.05 bits per heavy atom. The van der Waals surface area contributed by atoms with Gasteiger partial charge < -0.3 is 4.79 Å². The van der Waals surface area contributed by atoms with E-state index in [0.29, 0.717) is 12.0 Å². The number of benzene rings is 2. The highest BCUT2D eigenvalue weighted by molar-refractivity contribution is 9.10. The van der Waals surface area contributed by atoms with Gasteiger partial charge in [-0.2, -0.15) is 0 Å². The molecule has 0 aliphatic carbocycles. The molecule has 1 nitrogen and oxygen atoms in total. The van der Waals surface area contributed by atoms with E-state index in [2.05, 4.69) is 77.6 Å². The van der Waals surface area contributed by atoms with E-state index in [4.69, 9.17) is 0 Å². The first-order valence-electron chi connectivity index (χ1n) is 6.80. The Bertz CT molecular complexity index is 563. The lowest BCUT2D eigenvalue weighted by molar-refractivity contribution is -0.107. The van der Waals surface area contributed by atoms with Crippen molar-refractivity contribution < 1.29 is 4.79 Å². The lowest BCUT2D eigenvalue weighted by Gasteiger charge is -2.32. The van der Waals surface area contributed by atoms with Crippen molar-refractivity contribution in [1.82, 2.24) is 0 Å². The van der Waals surface area contributed by atoms with Crippen LogP contribution in [0.15, 0.2) is 59.1 Å². The van der Waals surface area contributed by atoms with Gasteiger partial charge in [0.15, 0.2) is 0 Å². The van der Waals surface area contributed by atoms with E-state index < -0.39 is 8.07 Å². The number of halogens is 1. The monoisotopic (exact) mass is 346 g/mol. The molecule has 2 rings (SSSR count). The summed E-state index contributed by atoms with van der Waals surface area (Å²) in [6, 6.07) is 19.0. The van der Waals surface area contributed by atoms with Crippen LogP contribution in [0.3, 0.4) is 0 Å².